The minimum Gasteiger partial charge on any atom is -0.452 e. The van der Waals surface area contributed by atoms with E-state index in [9.17, 15) is 18.4 Å². The summed E-state index contributed by atoms with van der Waals surface area (Å²) < 4.78 is 31.1. The number of hydrogen-bond acceptors (Lipinski definition) is 4. The number of ether oxygens (including phenoxy) is 1. The maximum Gasteiger partial charge on any atom is 0.341 e. The second-order valence-electron chi connectivity index (χ2n) is 4.67. The summed E-state index contributed by atoms with van der Waals surface area (Å²) in [4.78, 5) is 25.1. The van der Waals surface area contributed by atoms with Crippen LogP contribution in [0.5, 0.6) is 0 Å². The summed E-state index contributed by atoms with van der Waals surface area (Å²) in [6.45, 7) is -0.905. The minimum absolute atomic E-state index is 0.231. The van der Waals surface area contributed by atoms with Gasteiger partial charge < -0.3 is 4.74 Å². The lowest BCUT2D eigenvalue weighted by Crippen LogP contribution is -2.35. The van der Waals surface area contributed by atoms with E-state index in [2.05, 4.69) is 0 Å². The Bertz CT molecular complexity index is 788. The normalized spacial score (nSPS) is 9.88. The van der Waals surface area contributed by atoms with Crippen molar-refractivity contribution in [3.05, 3.63) is 65.7 Å². The standard InChI is InChI=1S/C17H12F2N2O3/c18-12-6-7-14(15(19)10-12)17(23)24-11-16(22)21(9-8-20)13-4-2-1-3-5-13/h1-7,10H,9,11H2. The molecule has 122 valence electrons. The van der Waals surface area contributed by atoms with E-state index in [4.69, 9.17) is 10.00 Å². The van der Waals surface area contributed by atoms with E-state index in [0.717, 1.165) is 17.0 Å². The lowest BCUT2D eigenvalue weighted by atomic mass is 10.2. The fourth-order valence-electron chi connectivity index (χ4n) is 1.94. The average molecular weight is 330 g/mol. The minimum atomic E-state index is -1.09. The molecule has 0 aliphatic rings. The Balaban J connectivity index is 2.05. The molecule has 0 aliphatic heterocycles. The smallest absolute Gasteiger partial charge is 0.341 e. The first kappa shape index (κ1) is 17.1. The highest BCUT2D eigenvalue weighted by molar-refractivity contribution is 5.97. The summed E-state index contributed by atoms with van der Waals surface area (Å²) in [6, 6.07) is 12.6. The number of benzene rings is 2. The monoisotopic (exact) mass is 330 g/mol. The molecule has 0 unspecified atom stereocenters. The van der Waals surface area contributed by atoms with Crippen molar-refractivity contribution < 1.29 is 23.1 Å². The van der Waals surface area contributed by atoms with Crippen LogP contribution in [0.2, 0.25) is 0 Å². The number of nitrogens with zero attached hydrogens (tertiary/aromatic N) is 2. The van der Waals surface area contributed by atoms with Crippen LogP contribution in [0.4, 0.5) is 14.5 Å². The molecule has 0 spiro atoms. The van der Waals surface area contributed by atoms with Crippen molar-refractivity contribution in [1.82, 2.24) is 0 Å². The Labute approximate surface area is 136 Å². The van der Waals surface area contributed by atoms with Gasteiger partial charge in [0.05, 0.1) is 11.6 Å². The number of esters is 1. The molecule has 2 aromatic rings. The number of halogens is 2. The van der Waals surface area contributed by atoms with E-state index >= 15 is 0 Å². The summed E-state index contributed by atoms with van der Waals surface area (Å²) in [6.07, 6.45) is 0. The Kier molecular flexibility index (Phi) is 5.58. The molecule has 24 heavy (non-hydrogen) atoms. The highest BCUT2D eigenvalue weighted by Crippen LogP contribution is 2.14. The van der Waals surface area contributed by atoms with Gasteiger partial charge >= 0.3 is 5.97 Å². The van der Waals surface area contributed by atoms with E-state index in [1.165, 1.54) is 0 Å². The van der Waals surface area contributed by atoms with Crippen LogP contribution >= 0.6 is 0 Å². The number of rotatable bonds is 5. The Morgan fingerprint density at radius 3 is 2.46 bits per heavy atom. The first-order valence-electron chi connectivity index (χ1n) is 6.87. The third kappa shape index (κ3) is 4.14. The number of nitriles is 1. The van der Waals surface area contributed by atoms with Gasteiger partial charge in [-0.3, -0.25) is 9.69 Å². The molecule has 0 saturated carbocycles. The van der Waals surface area contributed by atoms with Crippen LogP contribution in [-0.2, 0) is 9.53 Å². The molecule has 0 atom stereocenters. The fraction of sp³-hybridized carbons (Fsp3) is 0.118. The average Bonchev–Trinajstić information content (AvgIpc) is 2.58. The largest absolute Gasteiger partial charge is 0.452 e. The summed E-state index contributed by atoms with van der Waals surface area (Å²) in [5, 5.41) is 8.83. The van der Waals surface area contributed by atoms with E-state index in [1.807, 2.05) is 6.07 Å². The molecular formula is C17H12F2N2O3. The van der Waals surface area contributed by atoms with Crippen molar-refractivity contribution >= 4 is 17.6 Å². The molecular weight excluding hydrogens is 318 g/mol. The number of hydrogen-bond donors (Lipinski definition) is 0. The third-order valence-corrected chi connectivity index (χ3v) is 3.08. The maximum absolute atomic E-state index is 13.5. The Morgan fingerprint density at radius 1 is 1.12 bits per heavy atom. The lowest BCUT2D eigenvalue weighted by molar-refractivity contribution is -0.121. The van der Waals surface area contributed by atoms with E-state index in [0.29, 0.717) is 11.8 Å². The van der Waals surface area contributed by atoms with Crippen molar-refractivity contribution in [3.8, 4) is 6.07 Å². The van der Waals surface area contributed by atoms with Crippen LogP contribution in [0, 0.1) is 23.0 Å². The number of amides is 1. The molecule has 2 aromatic carbocycles. The van der Waals surface area contributed by atoms with Crippen LogP contribution in [0.15, 0.2) is 48.5 Å². The zero-order chi connectivity index (χ0) is 17.5. The van der Waals surface area contributed by atoms with Crippen molar-refractivity contribution in [2.24, 2.45) is 0 Å². The highest BCUT2D eigenvalue weighted by Gasteiger charge is 2.19. The van der Waals surface area contributed by atoms with Gasteiger partial charge in [-0.2, -0.15) is 5.26 Å². The molecule has 1 amide bonds. The van der Waals surface area contributed by atoms with Crippen molar-refractivity contribution in [1.29, 1.82) is 5.26 Å². The summed E-state index contributed by atoms with van der Waals surface area (Å²) in [5.41, 5.74) is -0.0104. The third-order valence-electron chi connectivity index (χ3n) is 3.08. The number of carbonyl (C=O) groups excluding carboxylic acids is 2. The van der Waals surface area contributed by atoms with Crippen molar-refractivity contribution in [3.63, 3.8) is 0 Å². The van der Waals surface area contributed by atoms with E-state index in [1.54, 1.807) is 30.3 Å². The van der Waals surface area contributed by atoms with Crippen molar-refractivity contribution in [2.75, 3.05) is 18.1 Å². The molecule has 7 heteroatoms. The number of anilines is 1. The lowest BCUT2D eigenvalue weighted by Gasteiger charge is -2.19. The predicted molar refractivity (Wildman–Crippen MR) is 81.0 cm³/mol. The first-order chi connectivity index (χ1) is 11.5. The van der Waals surface area contributed by atoms with Gasteiger partial charge in [0, 0.05) is 11.8 Å². The fourth-order valence-corrected chi connectivity index (χ4v) is 1.94. The zero-order valence-corrected chi connectivity index (χ0v) is 12.4. The number of para-hydroxylation sites is 1. The van der Waals surface area contributed by atoms with Crippen LogP contribution in [-0.4, -0.2) is 25.0 Å². The van der Waals surface area contributed by atoms with Gasteiger partial charge in [0.25, 0.3) is 5.91 Å². The molecule has 0 heterocycles. The quantitative estimate of drug-likeness (QED) is 0.624. The van der Waals surface area contributed by atoms with Gasteiger partial charge in [-0.05, 0) is 24.3 Å². The second kappa shape index (κ2) is 7.83. The topological polar surface area (TPSA) is 70.4 Å². The van der Waals surface area contributed by atoms with Gasteiger partial charge in [-0.1, -0.05) is 18.2 Å². The molecule has 2 rings (SSSR count). The molecule has 0 fully saturated rings. The zero-order valence-electron chi connectivity index (χ0n) is 12.4. The SMILES string of the molecule is N#CCN(C(=O)COC(=O)c1ccc(F)cc1F)c1ccccc1. The second-order valence-corrected chi connectivity index (χ2v) is 4.67. The van der Waals surface area contributed by atoms with Crippen LogP contribution in [0.3, 0.4) is 0 Å². The van der Waals surface area contributed by atoms with Crippen LogP contribution in [0.25, 0.3) is 0 Å². The maximum atomic E-state index is 13.5. The van der Waals surface area contributed by atoms with E-state index in [-0.39, 0.29) is 6.54 Å². The molecule has 0 radical (unpaired) electrons. The summed E-state index contributed by atoms with van der Waals surface area (Å²) >= 11 is 0. The first-order valence-corrected chi connectivity index (χ1v) is 6.87. The molecule has 5 nitrogen and oxygen atoms in total. The van der Waals surface area contributed by atoms with E-state index < -0.39 is 35.7 Å². The van der Waals surface area contributed by atoms with Crippen molar-refractivity contribution in [2.45, 2.75) is 0 Å². The highest BCUT2D eigenvalue weighted by atomic mass is 19.1. The van der Waals surface area contributed by atoms with Crippen LogP contribution < -0.4 is 4.90 Å². The molecule has 0 aliphatic carbocycles. The van der Waals surface area contributed by atoms with Gasteiger partial charge in [-0.25, -0.2) is 13.6 Å². The molecule has 0 saturated heterocycles. The molecule has 0 bridgehead atoms. The summed E-state index contributed by atoms with van der Waals surface area (Å²) in [7, 11) is 0. The number of carbonyl (C=O) groups is 2. The van der Waals surface area contributed by atoms with Gasteiger partial charge in [-0.15, -0.1) is 0 Å². The van der Waals surface area contributed by atoms with Gasteiger partial charge in [0.2, 0.25) is 0 Å². The molecule has 0 N–H and O–H groups in total. The Morgan fingerprint density at radius 2 is 1.83 bits per heavy atom. The predicted octanol–water partition coefficient (Wildman–Crippen LogP) is 2.68. The van der Waals surface area contributed by atoms with Gasteiger partial charge in [0.1, 0.15) is 18.2 Å². The molecule has 0 aromatic heterocycles. The Hall–Kier alpha value is -3.27. The van der Waals surface area contributed by atoms with Crippen LogP contribution in [0.1, 0.15) is 10.4 Å². The summed E-state index contributed by atoms with van der Waals surface area (Å²) in [5.74, 6) is -3.64. The van der Waals surface area contributed by atoms with Gasteiger partial charge in [0.15, 0.2) is 6.61 Å².